The van der Waals surface area contributed by atoms with Crippen molar-refractivity contribution in [3.63, 3.8) is 0 Å². The molecule has 0 saturated heterocycles. The van der Waals surface area contributed by atoms with Crippen molar-refractivity contribution >= 4 is 5.97 Å². The van der Waals surface area contributed by atoms with Crippen molar-refractivity contribution in [1.82, 2.24) is 0 Å². The summed E-state index contributed by atoms with van der Waals surface area (Å²) in [6.45, 7) is -0.403. The zero-order valence-corrected chi connectivity index (χ0v) is 21.6. The summed E-state index contributed by atoms with van der Waals surface area (Å²) in [4.78, 5) is 12.6. The van der Waals surface area contributed by atoms with Crippen LogP contribution in [0, 0.1) is 22.7 Å². The number of esters is 1. The van der Waals surface area contributed by atoms with Gasteiger partial charge in [-0.3, -0.25) is 0 Å². The minimum absolute atomic E-state index is 0.173. The Morgan fingerprint density at radius 1 is 0.700 bits per heavy atom. The topological polar surface area (TPSA) is 122 Å². The number of rotatable bonds is 12. The van der Waals surface area contributed by atoms with Gasteiger partial charge in [0.15, 0.2) is 13.2 Å². The highest BCUT2D eigenvalue weighted by Gasteiger charge is 2.17. The predicted octanol–water partition coefficient (Wildman–Crippen LogP) is 5.37. The van der Waals surface area contributed by atoms with Gasteiger partial charge in [-0.15, -0.1) is 0 Å². The van der Waals surface area contributed by atoms with E-state index in [9.17, 15) is 9.90 Å². The molecular weight excluding hydrogens is 508 g/mol. The zero-order valence-electron chi connectivity index (χ0n) is 21.6. The molecule has 4 rings (SSSR count). The van der Waals surface area contributed by atoms with Gasteiger partial charge < -0.3 is 24.1 Å². The summed E-state index contributed by atoms with van der Waals surface area (Å²) < 4.78 is 23.0. The number of hydrogen-bond donors (Lipinski definition) is 1. The van der Waals surface area contributed by atoms with Crippen molar-refractivity contribution in [1.29, 1.82) is 10.5 Å². The van der Waals surface area contributed by atoms with Crippen molar-refractivity contribution < 1.29 is 28.8 Å². The Kier molecular flexibility index (Phi) is 9.71. The van der Waals surface area contributed by atoms with E-state index in [1.165, 1.54) is 0 Å². The largest absolute Gasteiger partial charge is 0.489 e. The third kappa shape index (κ3) is 7.38. The minimum atomic E-state index is -0.511. The van der Waals surface area contributed by atoms with Crippen LogP contribution in [0.4, 0.5) is 0 Å². The molecule has 1 N–H and O–H groups in total. The molecule has 0 atom stereocenters. The van der Waals surface area contributed by atoms with E-state index >= 15 is 0 Å². The van der Waals surface area contributed by atoms with Crippen molar-refractivity contribution in [2.45, 2.75) is 19.6 Å². The van der Waals surface area contributed by atoms with Gasteiger partial charge in [0.05, 0.1) is 12.2 Å². The van der Waals surface area contributed by atoms with Crippen LogP contribution in [-0.2, 0) is 19.6 Å². The van der Waals surface area contributed by atoms with Gasteiger partial charge in [0.25, 0.3) is 0 Å². The van der Waals surface area contributed by atoms with Crippen LogP contribution in [0.3, 0.4) is 0 Å². The Morgan fingerprint density at radius 3 is 1.98 bits per heavy atom. The maximum atomic E-state index is 12.6. The predicted molar refractivity (Wildman–Crippen MR) is 146 cm³/mol. The van der Waals surface area contributed by atoms with Crippen LogP contribution in [0.2, 0.25) is 0 Å². The molecule has 0 spiro atoms. The third-order valence-electron chi connectivity index (χ3n) is 5.87. The monoisotopic (exact) mass is 534 g/mol. The third-order valence-corrected chi connectivity index (χ3v) is 5.87. The molecule has 0 aliphatic carbocycles. The van der Waals surface area contributed by atoms with Gasteiger partial charge >= 0.3 is 5.97 Å². The van der Waals surface area contributed by atoms with Crippen LogP contribution >= 0.6 is 0 Å². The molecule has 0 bridgehead atoms. The smallest absolute Gasteiger partial charge is 0.343 e. The van der Waals surface area contributed by atoms with Crippen LogP contribution in [-0.4, -0.2) is 24.3 Å². The Balaban J connectivity index is 1.69. The maximum absolute atomic E-state index is 12.6. The average molecular weight is 535 g/mol. The molecule has 40 heavy (non-hydrogen) atoms. The first-order valence-corrected chi connectivity index (χ1v) is 12.4. The molecule has 4 aromatic carbocycles. The van der Waals surface area contributed by atoms with Crippen LogP contribution in [0.25, 0.3) is 0 Å². The molecule has 0 amide bonds. The highest BCUT2D eigenvalue weighted by atomic mass is 16.5. The summed E-state index contributed by atoms with van der Waals surface area (Å²) in [6, 6.07) is 30.5. The van der Waals surface area contributed by atoms with Crippen LogP contribution in [0.5, 0.6) is 23.0 Å². The lowest BCUT2D eigenvalue weighted by Gasteiger charge is -2.18. The van der Waals surface area contributed by atoms with E-state index in [1.54, 1.807) is 54.6 Å². The van der Waals surface area contributed by atoms with E-state index < -0.39 is 5.97 Å². The molecule has 8 heteroatoms. The van der Waals surface area contributed by atoms with Gasteiger partial charge in [0.2, 0.25) is 0 Å². The van der Waals surface area contributed by atoms with Crippen molar-refractivity contribution in [3.05, 3.63) is 119 Å². The number of hydrogen-bond acceptors (Lipinski definition) is 8. The summed E-state index contributed by atoms with van der Waals surface area (Å²) in [6.07, 6.45) is 0.246. The summed E-state index contributed by atoms with van der Waals surface area (Å²) in [7, 11) is 0. The van der Waals surface area contributed by atoms with Gasteiger partial charge in [-0.1, -0.05) is 48.5 Å². The summed E-state index contributed by atoms with van der Waals surface area (Å²) in [5.74, 6) is 1.06. The fraction of sp³-hybridized carbons (Fsp3) is 0.156. The van der Waals surface area contributed by atoms with Crippen LogP contribution < -0.4 is 18.9 Å². The van der Waals surface area contributed by atoms with E-state index in [2.05, 4.69) is 0 Å². The number of nitriles is 2. The SMILES string of the molecule is N#CCOc1cc(Cc2cc(OC(=O)c3ccccc3)ccc2OCC#N)c(OCc2ccccc2)cc1CO. The van der Waals surface area contributed by atoms with Gasteiger partial charge in [-0.25, -0.2) is 4.79 Å². The van der Waals surface area contributed by atoms with E-state index in [1.807, 2.05) is 48.5 Å². The molecule has 0 fully saturated rings. The second-order valence-corrected chi connectivity index (χ2v) is 8.60. The number of aliphatic hydroxyl groups excluding tert-OH is 1. The molecule has 0 heterocycles. The first kappa shape index (κ1) is 27.7. The normalized spacial score (nSPS) is 10.2. The van der Waals surface area contributed by atoms with Gasteiger partial charge in [-0.2, -0.15) is 10.5 Å². The van der Waals surface area contributed by atoms with Gasteiger partial charge in [-0.05, 0) is 48.0 Å². The molecule has 0 saturated carbocycles. The molecule has 0 unspecified atom stereocenters. The van der Waals surface area contributed by atoms with Gasteiger partial charge in [0.1, 0.15) is 41.7 Å². The van der Waals surface area contributed by atoms with Crippen LogP contribution in [0.15, 0.2) is 91.0 Å². The van der Waals surface area contributed by atoms with Crippen LogP contribution in [0.1, 0.15) is 32.6 Å². The number of ether oxygens (including phenoxy) is 4. The molecule has 0 aliphatic rings. The molecule has 0 aliphatic heterocycles. The molecule has 200 valence electrons. The lowest BCUT2D eigenvalue weighted by Crippen LogP contribution is -2.09. The number of benzene rings is 4. The van der Waals surface area contributed by atoms with E-state index in [-0.39, 0.29) is 32.8 Å². The van der Waals surface area contributed by atoms with Crippen molar-refractivity contribution in [2.75, 3.05) is 13.2 Å². The molecular formula is C32H26N2O6. The molecule has 0 aromatic heterocycles. The number of nitrogens with zero attached hydrogens (tertiary/aromatic N) is 2. The minimum Gasteiger partial charge on any atom is -0.489 e. The first-order chi connectivity index (χ1) is 19.6. The fourth-order valence-corrected chi connectivity index (χ4v) is 3.97. The quantitative estimate of drug-likeness (QED) is 0.190. The average Bonchev–Trinajstić information content (AvgIpc) is 3.00. The lowest BCUT2D eigenvalue weighted by atomic mass is 10.00. The Labute approximate surface area is 232 Å². The van der Waals surface area contributed by atoms with E-state index in [0.29, 0.717) is 45.3 Å². The Bertz CT molecular complexity index is 1530. The summed E-state index contributed by atoms with van der Waals surface area (Å²) in [5, 5.41) is 28.0. The van der Waals surface area contributed by atoms with E-state index in [0.717, 1.165) is 5.56 Å². The van der Waals surface area contributed by atoms with Gasteiger partial charge in [0, 0.05) is 23.1 Å². The van der Waals surface area contributed by atoms with E-state index in [4.69, 9.17) is 29.5 Å². The number of aliphatic hydroxyl groups is 1. The maximum Gasteiger partial charge on any atom is 0.343 e. The second-order valence-electron chi connectivity index (χ2n) is 8.60. The lowest BCUT2D eigenvalue weighted by molar-refractivity contribution is 0.0734. The number of carbonyl (C=O) groups is 1. The Hall–Kier alpha value is -5.31. The summed E-state index contributed by atoms with van der Waals surface area (Å²) >= 11 is 0. The summed E-state index contributed by atoms with van der Waals surface area (Å²) in [5.41, 5.74) is 3.13. The molecule has 8 nitrogen and oxygen atoms in total. The van der Waals surface area contributed by atoms with Crippen molar-refractivity contribution in [2.24, 2.45) is 0 Å². The molecule has 4 aromatic rings. The zero-order chi connectivity index (χ0) is 28.2. The highest BCUT2D eigenvalue weighted by molar-refractivity contribution is 5.91. The number of carbonyl (C=O) groups excluding carboxylic acids is 1. The first-order valence-electron chi connectivity index (χ1n) is 12.4. The van der Waals surface area contributed by atoms with Crippen molar-refractivity contribution in [3.8, 4) is 35.1 Å². The standard InChI is InChI=1S/C32H26N2O6/c33-13-15-37-29-12-11-28(40-32(36)24-9-5-2-6-10-24)18-25(29)17-26-19-31(38-16-14-34)27(21-35)20-30(26)39-22-23-7-3-1-4-8-23/h1-12,18-20,35H,15-17,21-22H2. The fourth-order valence-electron chi connectivity index (χ4n) is 3.97. The molecule has 0 radical (unpaired) electrons. The highest BCUT2D eigenvalue weighted by Crippen LogP contribution is 2.35. The second kappa shape index (κ2) is 14.0. The Morgan fingerprint density at radius 2 is 1.30 bits per heavy atom.